The molecule has 8 nitrogen and oxygen atoms in total. The summed E-state index contributed by atoms with van der Waals surface area (Å²) in [7, 11) is 0. The molecule has 2 amide bonds. The predicted octanol–water partition coefficient (Wildman–Crippen LogP) is 2.75. The van der Waals surface area contributed by atoms with Crippen LogP contribution in [0, 0.1) is 10.1 Å². The summed E-state index contributed by atoms with van der Waals surface area (Å²) in [6.45, 7) is 0. The first-order valence-electron chi connectivity index (χ1n) is 6.51. The van der Waals surface area contributed by atoms with E-state index in [0.29, 0.717) is 4.90 Å². The minimum Gasteiger partial charge on any atom is -0.478 e. The Morgan fingerprint density at radius 2 is 1.75 bits per heavy atom. The van der Waals surface area contributed by atoms with E-state index in [2.05, 4.69) is 0 Å². The van der Waals surface area contributed by atoms with Crippen LogP contribution < -0.4 is 4.90 Å². The molecule has 0 unspecified atom stereocenters. The second-order valence-corrected chi connectivity index (χ2v) is 5.34. The van der Waals surface area contributed by atoms with Gasteiger partial charge < -0.3 is 5.11 Å². The van der Waals surface area contributed by atoms with Crippen LogP contribution >= 0.6 is 11.6 Å². The van der Waals surface area contributed by atoms with E-state index in [9.17, 15) is 24.5 Å². The average molecular weight is 347 g/mol. The number of hydrogen-bond acceptors (Lipinski definition) is 5. The number of fused-ring (bicyclic) bond motifs is 1. The standard InChI is InChI=1S/C15H7ClN2O6/c16-8-2-4-11(12(6-8)18(23)24)17-13(19)9-3-1-7(15(21)22)5-10(9)14(17)20/h1-6H,(H,21,22). The lowest BCUT2D eigenvalue weighted by Gasteiger charge is -2.14. The van der Waals surface area contributed by atoms with Crippen molar-refractivity contribution < 1.29 is 24.4 Å². The van der Waals surface area contributed by atoms with Gasteiger partial charge in [0, 0.05) is 11.1 Å². The third-order valence-electron chi connectivity index (χ3n) is 3.51. The number of anilines is 1. The molecule has 0 spiro atoms. The summed E-state index contributed by atoms with van der Waals surface area (Å²) in [5, 5.41) is 20.2. The lowest BCUT2D eigenvalue weighted by atomic mass is 10.1. The highest BCUT2D eigenvalue weighted by Crippen LogP contribution is 2.36. The summed E-state index contributed by atoms with van der Waals surface area (Å²) in [6.07, 6.45) is 0. The summed E-state index contributed by atoms with van der Waals surface area (Å²) in [5.74, 6) is -2.85. The van der Waals surface area contributed by atoms with Gasteiger partial charge >= 0.3 is 5.97 Å². The van der Waals surface area contributed by atoms with E-state index in [-0.39, 0.29) is 27.4 Å². The molecule has 2 aromatic carbocycles. The number of imide groups is 1. The molecule has 0 fully saturated rings. The average Bonchev–Trinajstić information content (AvgIpc) is 2.78. The highest BCUT2D eigenvalue weighted by Gasteiger charge is 2.40. The SMILES string of the molecule is O=C(O)c1ccc2c(c1)C(=O)N(c1ccc(Cl)cc1[N+](=O)[O-])C2=O. The molecule has 0 aliphatic carbocycles. The van der Waals surface area contributed by atoms with Gasteiger partial charge in [-0.05, 0) is 30.3 Å². The molecule has 0 bridgehead atoms. The first-order chi connectivity index (χ1) is 11.3. The smallest absolute Gasteiger partial charge is 0.335 e. The van der Waals surface area contributed by atoms with E-state index in [0.717, 1.165) is 12.1 Å². The zero-order valence-corrected chi connectivity index (χ0v) is 12.5. The maximum atomic E-state index is 12.5. The van der Waals surface area contributed by atoms with Crippen LogP contribution in [0.3, 0.4) is 0 Å². The Kier molecular flexibility index (Phi) is 3.53. The van der Waals surface area contributed by atoms with Gasteiger partial charge in [-0.2, -0.15) is 0 Å². The first-order valence-corrected chi connectivity index (χ1v) is 6.89. The maximum Gasteiger partial charge on any atom is 0.335 e. The molecule has 1 heterocycles. The molecule has 24 heavy (non-hydrogen) atoms. The van der Waals surface area contributed by atoms with Gasteiger partial charge in [0.05, 0.1) is 21.6 Å². The number of halogens is 1. The van der Waals surface area contributed by atoms with E-state index in [1.54, 1.807) is 0 Å². The van der Waals surface area contributed by atoms with Crippen molar-refractivity contribution in [3.05, 3.63) is 68.2 Å². The molecule has 0 aromatic heterocycles. The highest BCUT2D eigenvalue weighted by atomic mass is 35.5. The van der Waals surface area contributed by atoms with Crippen LogP contribution in [0.25, 0.3) is 0 Å². The Morgan fingerprint density at radius 1 is 1.08 bits per heavy atom. The molecule has 0 atom stereocenters. The minimum atomic E-state index is -1.26. The van der Waals surface area contributed by atoms with E-state index >= 15 is 0 Å². The van der Waals surface area contributed by atoms with Crippen molar-refractivity contribution in [2.45, 2.75) is 0 Å². The normalized spacial score (nSPS) is 13.1. The Hall–Kier alpha value is -3.26. The zero-order chi connectivity index (χ0) is 17.6. The van der Waals surface area contributed by atoms with Gasteiger partial charge in [0.1, 0.15) is 5.69 Å². The minimum absolute atomic E-state index is 0.0192. The third kappa shape index (κ3) is 2.29. The summed E-state index contributed by atoms with van der Waals surface area (Å²) >= 11 is 5.73. The van der Waals surface area contributed by atoms with Crippen LogP contribution in [0.15, 0.2) is 36.4 Å². The fraction of sp³-hybridized carbons (Fsp3) is 0. The van der Waals surface area contributed by atoms with Crippen LogP contribution in [0.2, 0.25) is 5.02 Å². The second-order valence-electron chi connectivity index (χ2n) is 4.90. The predicted molar refractivity (Wildman–Crippen MR) is 82.6 cm³/mol. The molecule has 1 aliphatic rings. The Morgan fingerprint density at radius 3 is 2.38 bits per heavy atom. The Labute approximate surface area is 139 Å². The molecule has 0 saturated heterocycles. The summed E-state index contributed by atoms with van der Waals surface area (Å²) in [6, 6.07) is 7.01. The number of hydrogen-bond donors (Lipinski definition) is 1. The maximum absolute atomic E-state index is 12.5. The van der Waals surface area contributed by atoms with Crippen molar-refractivity contribution in [2.75, 3.05) is 4.90 Å². The number of nitrogens with zero attached hydrogens (tertiary/aromatic N) is 2. The molecule has 9 heteroatoms. The number of carbonyl (C=O) groups excluding carboxylic acids is 2. The van der Waals surface area contributed by atoms with Gasteiger partial charge in [0.15, 0.2) is 0 Å². The fourth-order valence-corrected chi connectivity index (χ4v) is 2.59. The molecule has 120 valence electrons. The number of amides is 2. The number of nitro groups is 1. The topological polar surface area (TPSA) is 118 Å². The largest absolute Gasteiger partial charge is 0.478 e. The molecule has 3 rings (SSSR count). The van der Waals surface area contributed by atoms with E-state index in [1.807, 2.05) is 0 Å². The van der Waals surface area contributed by atoms with Gasteiger partial charge in [-0.1, -0.05) is 11.6 Å². The number of benzene rings is 2. The van der Waals surface area contributed by atoms with Crippen molar-refractivity contribution in [1.82, 2.24) is 0 Å². The number of nitro benzene ring substituents is 1. The quantitative estimate of drug-likeness (QED) is 0.518. The summed E-state index contributed by atoms with van der Waals surface area (Å²) in [5.41, 5.74) is -1.04. The molecule has 0 saturated carbocycles. The first kappa shape index (κ1) is 15.6. The van der Waals surface area contributed by atoms with Crippen LogP contribution in [-0.2, 0) is 0 Å². The molecule has 1 N–H and O–H groups in total. The van der Waals surface area contributed by atoms with E-state index in [4.69, 9.17) is 16.7 Å². The molecule has 0 radical (unpaired) electrons. The van der Waals surface area contributed by atoms with Crippen LogP contribution in [0.1, 0.15) is 31.1 Å². The van der Waals surface area contributed by atoms with Crippen LogP contribution in [0.4, 0.5) is 11.4 Å². The Bertz CT molecular complexity index is 940. The van der Waals surface area contributed by atoms with Crippen molar-refractivity contribution in [3.63, 3.8) is 0 Å². The number of carboxylic acid groups (broad SMARTS) is 1. The fourth-order valence-electron chi connectivity index (χ4n) is 2.42. The molecule has 1 aliphatic heterocycles. The lowest BCUT2D eigenvalue weighted by Crippen LogP contribution is -2.30. The lowest BCUT2D eigenvalue weighted by molar-refractivity contribution is -0.384. The van der Waals surface area contributed by atoms with Crippen molar-refractivity contribution in [2.24, 2.45) is 0 Å². The number of carbonyl (C=O) groups is 3. The highest BCUT2D eigenvalue weighted by molar-refractivity contribution is 6.36. The van der Waals surface area contributed by atoms with Crippen LogP contribution in [0.5, 0.6) is 0 Å². The van der Waals surface area contributed by atoms with Crippen LogP contribution in [-0.4, -0.2) is 27.8 Å². The van der Waals surface area contributed by atoms with E-state index < -0.39 is 28.4 Å². The van der Waals surface area contributed by atoms with Gasteiger partial charge in [-0.25, -0.2) is 9.69 Å². The monoisotopic (exact) mass is 346 g/mol. The van der Waals surface area contributed by atoms with Gasteiger partial charge in [0.2, 0.25) is 0 Å². The Balaban J connectivity index is 2.16. The van der Waals surface area contributed by atoms with Crippen molar-refractivity contribution in [3.8, 4) is 0 Å². The van der Waals surface area contributed by atoms with Crippen molar-refractivity contribution >= 4 is 40.8 Å². The van der Waals surface area contributed by atoms with Gasteiger partial charge in [-0.3, -0.25) is 19.7 Å². The van der Waals surface area contributed by atoms with Gasteiger partial charge in [-0.15, -0.1) is 0 Å². The van der Waals surface area contributed by atoms with E-state index in [1.165, 1.54) is 24.3 Å². The molecular weight excluding hydrogens is 340 g/mol. The number of rotatable bonds is 3. The van der Waals surface area contributed by atoms with Gasteiger partial charge in [0.25, 0.3) is 17.5 Å². The molecule has 2 aromatic rings. The van der Waals surface area contributed by atoms with Crippen molar-refractivity contribution in [1.29, 1.82) is 0 Å². The third-order valence-corrected chi connectivity index (χ3v) is 3.74. The second kappa shape index (κ2) is 5.43. The summed E-state index contributed by atoms with van der Waals surface area (Å²) < 4.78 is 0. The summed E-state index contributed by atoms with van der Waals surface area (Å²) in [4.78, 5) is 47.0. The number of carboxylic acids is 1. The number of aromatic carboxylic acids is 1. The zero-order valence-electron chi connectivity index (χ0n) is 11.7. The molecular formula is C15H7ClN2O6.